The van der Waals surface area contributed by atoms with E-state index in [9.17, 15) is 4.79 Å². The molecule has 2 aromatic carbocycles. The molecule has 0 aliphatic heterocycles. The first-order valence-electron chi connectivity index (χ1n) is 7.56. The van der Waals surface area contributed by atoms with Crippen LogP contribution in [0.1, 0.15) is 17.5 Å². The number of carbonyl (C=O) groups is 1. The van der Waals surface area contributed by atoms with Gasteiger partial charge in [-0.25, -0.2) is 4.79 Å². The lowest BCUT2D eigenvalue weighted by atomic mass is 10.1. The molecule has 0 radical (unpaired) electrons. The van der Waals surface area contributed by atoms with E-state index < -0.39 is 0 Å². The predicted molar refractivity (Wildman–Crippen MR) is 94.5 cm³/mol. The third-order valence-electron chi connectivity index (χ3n) is 3.55. The minimum atomic E-state index is -0.212. The minimum absolute atomic E-state index is 0.212. The van der Waals surface area contributed by atoms with Crippen LogP contribution in [-0.2, 0) is 0 Å². The molecule has 5 heteroatoms. The quantitative estimate of drug-likeness (QED) is 0.762. The molecule has 2 amide bonds. The van der Waals surface area contributed by atoms with E-state index in [1.165, 1.54) is 0 Å². The molecule has 0 unspecified atom stereocenters. The maximum atomic E-state index is 11.9. The van der Waals surface area contributed by atoms with Crippen molar-refractivity contribution in [2.24, 2.45) is 0 Å². The maximum Gasteiger partial charge on any atom is 0.319 e. The van der Waals surface area contributed by atoms with Crippen LogP contribution < -0.4 is 15.4 Å². The third-order valence-corrected chi connectivity index (χ3v) is 3.87. The molecule has 0 aliphatic carbocycles. The normalized spacial score (nSPS) is 10.2. The molecule has 0 aliphatic rings. The second-order valence-electron chi connectivity index (χ2n) is 5.26. The highest BCUT2D eigenvalue weighted by Gasteiger charge is 2.05. The molecule has 0 atom stereocenters. The van der Waals surface area contributed by atoms with Crippen molar-refractivity contribution in [1.29, 1.82) is 0 Å². The van der Waals surface area contributed by atoms with Crippen LogP contribution in [0.2, 0.25) is 5.02 Å². The zero-order chi connectivity index (χ0) is 16.7. The van der Waals surface area contributed by atoms with Crippen molar-refractivity contribution in [3.05, 3.63) is 58.6 Å². The van der Waals surface area contributed by atoms with Crippen molar-refractivity contribution in [2.45, 2.75) is 20.3 Å². The molecule has 4 nitrogen and oxygen atoms in total. The molecule has 122 valence electrons. The fraction of sp³-hybridized carbons (Fsp3) is 0.278. The average molecular weight is 333 g/mol. The number of para-hydroxylation sites is 1. The number of ether oxygens (including phenoxy) is 1. The number of nitrogens with one attached hydrogen (secondary N) is 2. The predicted octanol–water partition coefficient (Wildman–Crippen LogP) is 4.55. The molecule has 2 rings (SSSR count). The summed E-state index contributed by atoms with van der Waals surface area (Å²) in [5.74, 6) is 0.661. The summed E-state index contributed by atoms with van der Waals surface area (Å²) in [7, 11) is 0. The Morgan fingerprint density at radius 2 is 1.91 bits per heavy atom. The van der Waals surface area contributed by atoms with Gasteiger partial charge in [0.2, 0.25) is 0 Å². The number of urea groups is 1. The number of amides is 2. The van der Waals surface area contributed by atoms with E-state index in [2.05, 4.69) is 10.6 Å². The van der Waals surface area contributed by atoms with Gasteiger partial charge in [0.15, 0.2) is 0 Å². The minimum Gasteiger partial charge on any atom is -0.492 e. The lowest BCUT2D eigenvalue weighted by molar-refractivity contribution is 0.250. The van der Waals surface area contributed by atoms with Gasteiger partial charge in [-0.3, -0.25) is 0 Å². The Bertz CT molecular complexity index is 674. The number of rotatable bonds is 6. The molecular weight excluding hydrogens is 312 g/mol. The lowest BCUT2D eigenvalue weighted by Gasteiger charge is -2.12. The molecule has 0 saturated carbocycles. The summed E-state index contributed by atoms with van der Waals surface area (Å²) in [5.41, 5.74) is 3.05. The lowest BCUT2D eigenvalue weighted by Crippen LogP contribution is -2.30. The summed E-state index contributed by atoms with van der Waals surface area (Å²) in [6.07, 6.45) is 0.700. The number of carbonyl (C=O) groups excluding carboxylic acids is 1. The van der Waals surface area contributed by atoms with Gasteiger partial charge in [-0.05, 0) is 49.6 Å². The number of benzene rings is 2. The van der Waals surface area contributed by atoms with Gasteiger partial charge in [0.25, 0.3) is 0 Å². The van der Waals surface area contributed by atoms with Gasteiger partial charge in [-0.15, -0.1) is 0 Å². The third kappa shape index (κ3) is 5.18. The highest BCUT2D eigenvalue weighted by Crippen LogP contribution is 2.23. The summed E-state index contributed by atoms with van der Waals surface area (Å²) >= 11 is 6.00. The van der Waals surface area contributed by atoms with E-state index in [0.717, 1.165) is 16.8 Å². The van der Waals surface area contributed by atoms with E-state index >= 15 is 0 Å². The SMILES string of the molecule is Cc1cccc(NC(=O)NCCCOc2ccccc2Cl)c1C. The van der Waals surface area contributed by atoms with Crippen molar-refractivity contribution < 1.29 is 9.53 Å². The van der Waals surface area contributed by atoms with E-state index in [0.29, 0.717) is 30.3 Å². The molecular formula is C18H21ClN2O2. The summed E-state index contributed by atoms with van der Waals surface area (Å²) in [5, 5.41) is 6.26. The molecule has 2 N–H and O–H groups in total. The Morgan fingerprint density at radius 1 is 1.13 bits per heavy atom. The molecule has 23 heavy (non-hydrogen) atoms. The van der Waals surface area contributed by atoms with Crippen LogP contribution in [0.5, 0.6) is 5.75 Å². The summed E-state index contributed by atoms with van der Waals surface area (Å²) in [6.45, 7) is 5.03. The molecule has 0 fully saturated rings. The van der Waals surface area contributed by atoms with Gasteiger partial charge in [-0.1, -0.05) is 35.9 Å². The molecule has 0 heterocycles. The highest BCUT2D eigenvalue weighted by atomic mass is 35.5. The Hall–Kier alpha value is -2.20. The average Bonchev–Trinajstić information content (AvgIpc) is 2.53. The highest BCUT2D eigenvalue weighted by molar-refractivity contribution is 6.32. The summed E-state index contributed by atoms with van der Waals surface area (Å²) in [6, 6.07) is 13.0. The fourth-order valence-corrected chi connectivity index (χ4v) is 2.26. The van der Waals surface area contributed by atoms with E-state index in [1.807, 2.05) is 50.2 Å². The van der Waals surface area contributed by atoms with E-state index in [-0.39, 0.29) is 6.03 Å². The first-order chi connectivity index (χ1) is 11.1. The van der Waals surface area contributed by atoms with Crippen LogP contribution in [0, 0.1) is 13.8 Å². The first kappa shape index (κ1) is 17.2. The van der Waals surface area contributed by atoms with Crippen LogP contribution in [-0.4, -0.2) is 19.2 Å². The van der Waals surface area contributed by atoms with Crippen molar-refractivity contribution >= 4 is 23.3 Å². The number of anilines is 1. The van der Waals surface area contributed by atoms with Crippen LogP contribution in [0.4, 0.5) is 10.5 Å². The summed E-state index contributed by atoms with van der Waals surface area (Å²) < 4.78 is 5.57. The zero-order valence-corrected chi connectivity index (χ0v) is 14.1. The van der Waals surface area contributed by atoms with Crippen molar-refractivity contribution in [1.82, 2.24) is 5.32 Å². The van der Waals surface area contributed by atoms with Crippen molar-refractivity contribution in [3.8, 4) is 5.75 Å². The van der Waals surface area contributed by atoms with Gasteiger partial charge in [0.1, 0.15) is 5.75 Å². The van der Waals surface area contributed by atoms with Crippen LogP contribution in [0.15, 0.2) is 42.5 Å². The molecule has 0 bridgehead atoms. The van der Waals surface area contributed by atoms with Crippen molar-refractivity contribution in [2.75, 3.05) is 18.5 Å². The number of aryl methyl sites for hydroxylation is 1. The second-order valence-corrected chi connectivity index (χ2v) is 5.67. The summed E-state index contributed by atoms with van der Waals surface area (Å²) in [4.78, 5) is 11.9. The maximum absolute atomic E-state index is 11.9. The topological polar surface area (TPSA) is 50.4 Å². The van der Waals surface area contributed by atoms with Gasteiger partial charge < -0.3 is 15.4 Å². The van der Waals surface area contributed by atoms with Crippen LogP contribution >= 0.6 is 11.6 Å². The van der Waals surface area contributed by atoms with E-state index in [4.69, 9.17) is 16.3 Å². The molecule has 0 spiro atoms. The number of halogens is 1. The number of hydrogen-bond donors (Lipinski definition) is 2. The van der Waals surface area contributed by atoms with Gasteiger partial charge >= 0.3 is 6.03 Å². The first-order valence-corrected chi connectivity index (χ1v) is 7.94. The Labute approximate surface area is 141 Å². The van der Waals surface area contributed by atoms with Crippen LogP contribution in [0.25, 0.3) is 0 Å². The van der Waals surface area contributed by atoms with Gasteiger partial charge in [-0.2, -0.15) is 0 Å². The molecule has 2 aromatic rings. The van der Waals surface area contributed by atoms with Gasteiger partial charge in [0, 0.05) is 12.2 Å². The Kier molecular flexibility index (Phi) is 6.29. The van der Waals surface area contributed by atoms with Gasteiger partial charge in [0.05, 0.1) is 11.6 Å². The second kappa shape index (κ2) is 8.44. The smallest absolute Gasteiger partial charge is 0.319 e. The van der Waals surface area contributed by atoms with Crippen LogP contribution in [0.3, 0.4) is 0 Å². The molecule has 0 aromatic heterocycles. The van der Waals surface area contributed by atoms with E-state index in [1.54, 1.807) is 6.07 Å². The number of hydrogen-bond acceptors (Lipinski definition) is 2. The molecule has 0 saturated heterocycles. The Morgan fingerprint density at radius 3 is 2.70 bits per heavy atom. The monoisotopic (exact) mass is 332 g/mol. The zero-order valence-electron chi connectivity index (χ0n) is 13.4. The van der Waals surface area contributed by atoms with Crippen molar-refractivity contribution in [3.63, 3.8) is 0 Å². The standard InChI is InChI=1S/C18H21ClN2O2/c1-13-7-5-9-16(14(13)2)21-18(22)20-11-6-12-23-17-10-4-3-8-15(17)19/h3-5,7-10H,6,11-12H2,1-2H3,(H2,20,21,22). The fourth-order valence-electron chi connectivity index (χ4n) is 2.07. The Balaban J connectivity index is 1.69. The largest absolute Gasteiger partial charge is 0.492 e.